The van der Waals surface area contributed by atoms with E-state index in [2.05, 4.69) is 10.1 Å². The van der Waals surface area contributed by atoms with Crippen molar-refractivity contribution in [3.63, 3.8) is 0 Å². The van der Waals surface area contributed by atoms with Crippen molar-refractivity contribution in [2.75, 3.05) is 18.3 Å². The lowest BCUT2D eigenvalue weighted by atomic mass is 10.2. The summed E-state index contributed by atoms with van der Waals surface area (Å²) in [6, 6.07) is 4.48. The summed E-state index contributed by atoms with van der Waals surface area (Å²) in [7, 11) is 1.25. The van der Waals surface area contributed by atoms with E-state index in [1.54, 1.807) is 6.07 Å². The van der Waals surface area contributed by atoms with Crippen molar-refractivity contribution >= 4 is 40.8 Å². The number of halogens is 2. The summed E-state index contributed by atoms with van der Waals surface area (Å²) < 4.78 is 4.57. The number of hydrogen-bond acceptors (Lipinski definition) is 3. The van der Waals surface area contributed by atoms with Crippen LogP contribution in [0, 0.1) is 0 Å². The number of alkyl halides is 1. The summed E-state index contributed by atoms with van der Waals surface area (Å²) in [5, 5.41) is 2.85. The van der Waals surface area contributed by atoms with E-state index < -0.39 is 11.9 Å². The normalized spacial score (nSPS) is 9.69. The summed E-state index contributed by atoms with van der Waals surface area (Å²) in [6.07, 6.45) is 0. The van der Waals surface area contributed by atoms with Crippen molar-refractivity contribution in [2.45, 2.75) is 0 Å². The number of anilines is 1. The molecule has 1 aromatic rings. The van der Waals surface area contributed by atoms with Crippen molar-refractivity contribution in [3.05, 3.63) is 28.8 Å². The van der Waals surface area contributed by atoms with Gasteiger partial charge in [0.15, 0.2) is 0 Å². The van der Waals surface area contributed by atoms with E-state index in [4.69, 9.17) is 23.2 Å². The molecule has 0 spiro atoms. The van der Waals surface area contributed by atoms with Gasteiger partial charge in [0.1, 0.15) is 5.88 Å². The third-order valence-electron chi connectivity index (χ3n) is 1.78. The molecule has 6 heteroatoms. The number of nitrogens with one attached hydrogen (secondary N) is 1. The van der Waals surface area contributed by atoms with Gasteiger partial charge in [-0.15, -0.1) is 11.6 Å². The molecule has 1 aromatic carbocycles. The smallest absolute Gasteiger partial charge is 0.340 e. The highest BCUT2D eigenvalue weighted by molar-refractivity contribution is 6.31. The Balaban J connectivity index is 3.07. The van der Waals surface area contributed by atoms with Gasteiger partial charge in [0, 0.05) is 5.02 Å². The predicted molar refractivity (Wildman–Crippen MR) is 62.1 cm³/mol. The molecular formula is C10H9Cl2NO3. The molecule has 16 heavy (non-hydrogen) atoms. The number of carbonyl (C=O) groups is 2. The van der Waals surface area contributed by atoms with Crippen LogP contribution in [0.4, 0.5) is 5.69 Å². The predicted octanol–water partition coefficient (Wildman–Crippen LogP) is 2.30. The van der Waals surface area contributed by atoms with Crippen LogP contribution in [-0.2, 0) is 9.53 Å². The molecule has 0 heterocycles. The molecule has 0 aliphatic heterocycles. The number of hydrogen-bond donors (Lipinski definition) is 1. The molecule has 1 amide bonds. The van der Waals surface area contributed by atoms with Crippen LogP contribution in [0.2, 0.25) is 5.02 Å². The van der Waals surface area contributed by atoms with Crippen molar-refractivity contribution in [1.29, 1.82) is 0 Å². The highest BCUT2D eigenvalue weighted by Crippen LogP contribution is 2.21. The van der Waals surface area contributed by atoms with E-state index in [9.17, 15) is 9.59 Å². The molecular weight excluding hydrogens is 253 g/mol. The molecule has 0 aromatic heterocycles. The monoisotopic (exact) mass is 261 g/mol. The van der Waals surface area contributed by atoms with Gasteiger partial charge in [0.05, 0.1) is 18.4 Å². The van der Waals surface area contributed by atoms with E-state index in [1.165, 1.54) is 19.2 Å². The van der Waals surface area contributed by atoms with Gasteiger partial charge in [0.25, 0.3) is 0 Å². The fraction of sp³-hybridized carbons (Fsp3) is 0.200. The standard InChI is InChI=1S/C10H9Cl2NO3/c1-16-10(15)7-4-6(12)2-3-8(7)13-9(14)5-11/h2-4H,5H2,1H3,(H,13,14). The minimum Gasteiger partial charge on any atom is -0.465 e. The summed E-state index contributed by atoms with van der Waals surface area (Å²) in [5.41, 5.74) is 0.510. The van der Waals surface area contributed by atoms with Gasteiger partial charge in [-0.3, -0.25) is 4.79 Å². The van der Waals surface area contributed by atoms with E-state index >= 15 is 0 Å². The molecule has 86 valence electrons. The molecule has 0 fully saturated rings. The molecule has 0 atom stereocenters. The Morgan fingerprint density at radius 3 is 2.69 bits per heavy atom. The van der Waals surface area contributed by atoms with Crippen molar-refractivity contribution in [3.8, 4) is 0 Å². The number of methoxy groups -OCH3 is 1. The van der Waals surface area contributed by atoms with Gasteiger partial charge >= 0.3 is 5.97 Å². The average Bonchev–Trinajstić information content (AvgIpc) is 2.30. The first-order valence-electron chi connectivity index (χ1n) is 4.32. The SMILES string of the molecule is COC(=O)c1cc(Cl)ccc1NC(=O)CCl. The zero-order valence-corrected chi connectivity index (χ0v) is 9.93. The van der Waals surface area contributed by atoms with E-state index in [1.807, 2.05) is 0 Å². The van der Waals surface area contributed by atoms with Crippen LogP contribution >= 0.6 is 23.2 Å². The summed E-state index contributed by atoms with van der Waals surface area (Å²) in [4.78, 5) is 22.5. The first-order valence-corrected chi connectivity index (χ1v) is 5.23. The van der Waals surface area contributed by atoms with Crippen molar-refractivity contribution in [1.82, 2.24) is 0 Å². The number of carbonyl (C=O) groups excluding carboxylic acids is 2. The van der Waals surface area contributed by atoms with Crippen LogP contribution in [0.5, 0.6) is 0 Å². The van der Waals surface area contributed by atoms with Gasteiger partial charge in [-0.1, -0.05) is 11.6 Å². The van der Waals surface area contributed by atoms with Crippen LogP contribution in [-0.4, -0.2) is 24.9 Å². The first-order chi connectivity index (χ1) is 7.58. The highest BCUT2D eigenvalue weighted by Gasteiger charge is 2.14. The molecule has 0 radical (unpaired) electrons. The lowest BCUT2D eigenvalue weighted by Gasteiger charge is -2.08. The Hall–Kier alpha value is -1.26. The number of rotatable bonds is 3. The summed E-state index contributed by atoms with van der Waals surface area (Å²) in [6.45, 7) is 0. The Kier molecular flexibility index (Phi) is 4.58. The van der Waals surface area contributed by atoms with Crippen LogP contribution < -0.4 is 5.32 Å². The molecule has 0 aliphatic rings. The fourth-order valence-corrected chi connectivity index (χ4v) is 1.33. The Morgan fingerprint density at radius 1 is 1.44 bits per heavy atom. The second-order valence-corrected chi connectivity index (χ2v) is 3.57. The highest BCUT2D eigenvalue weighted by atomic mass is 35.5. The minimum absolute atomic E-state index is 0.188. The molecule has 1 N–H and O–H groups in total. The quantitative estimate of drug-likeness (QED) is 0.671. The van der Waals surface area contributed by atoms with Crippen molar-refractivity contribution < 1.29 is 14.3 Å². The van der Waals surface area contributed by atoms with Crippen LogP contribution in [0.3, 0.4) is 0 Å². The van der Waals surface area contributed by atoms with Crippen molar-refractivity contribution in [2.24, 2.45) is 0 Å². The van der Waals surface area contributed by atoms with Crippen LogP contribution in [0.25, 0.3) is 0 Å². The average molecular weight is 262 g/mol. The molecule has 0 saturated heterocycles. The third kappa shape index (κ3) is 3.12. The zero-order chi connectivity index (χ0) is 12.1. The Labute approximate surface area is 102 Å². The van der Waals surface area contributed by atoms with Crippen LogP contribution in [0.15, 0.2) is 18.2 Å². The second-order valence-electron chi connectivity index (χ2n) is 2.86. The minimum atomic E-state index is -0.577. The molecule has 1 rings (SSSR count). The number of amides is 1. The number of benzene rings is 1. The summed E-state index contributed by atoms with van der Waals surface area (Å²) >= 11 is 11.1. The maximum Gasteiger partial charge on any atom is 0.340 e. The zero-order valence-electron chi connectivity index (χ0n) is 8.42. The number of ether oxygens (including phenoxy) is 1. The topological polar surface area (TPSA) is 55.4 Å². The van der Waals surface area contributed by atoms with Gasteiger partial charge in [0.2, 0.25) is 5.91 Å². The van der Waals surface area contributed by atoms with Gasteiger partial charge in [-0.25, -0.2) is 4.79 Å². The molecule has 0 bridgehead atoms. The lowest BCUT2D eigenvalue weighted by Crippen LogP contribution is -2.16. The number of esters is 1. The third-order valence-corrected chi connectivity index (χ3v) is 2.26. The maximum atomic E-state index is 11.4. The van der Waals surface area contributed by atoms with Crippen LogP contribution in [0.1, 0.15) is 10.4 Å². The second kappa shape index (κ2) is 5.72. The van der Waals surface area contributed by atoms with Gasteiger partial charge in [-0.05, 0) is 18.2 Å². The molecule has 0 saturated carbocycles. The summed E-state index contributed by atoms with van der Waals surface area (Å²) in [5.74, 6) is -1.18. The van der Waals surface area contributed by atoms with E-state index in [-0.39, 0.29) is 11.4 Å². The molecule has 4 nitrogen and oxygen atoms in total. The largest absolute Gasteiger partial charge is 0.465 e. The van der Waals surface area contributed by atoms with Gasteiger partial charge in [-0.2, -0.15) is 0 Å². The van der Waals surface area contributed by atoms with E-state index in [0.29, 0.717) is 10.7 Å². The first kappa shape index (κ1) is 12.8. The molecule has 0 unspecified atom stereocenters. The Bertz CT molecular complexity index is 421. The lowest BCUT2D eigenvalue weighted by molar-refractivity contribution is -0.113. The van der Waals surface area contributed by atoms with Gasteiger partial charge < -0.3 is 10.1 Å². The maximum absolute atomic E-state index is 11.4. The Morgan fingerprint density at radius 2 is 2.12 bits per heavy atom. The van der Waals surface area contributed by atoms with E-state index in [0.717, 1.165) is 0 Å². The fourth-order valence-electron chi connectivity index (χ4n) is 1.09. The molecule has 0 aliphatic carbocycles.